The van der Waals surface area contributed by atoms with E-state index in [0.717, 1.165) is 58.0 Å². The van der Waals surface area contributed by atoms with Crippen LogP contribution < -0.4 is 29.9 Å². The summed E-state index contributed by atoms with van der Waals surface area (Å²) in [6, 6.07) is 11.6. The predicted octanol–water partition coefficient (Wildman–Crippen LogP) is 9.32. The smallest absolute Gasteiger partial charge is 0.425 e. The summed E-state index contributed by atoms with van der Waals surface area (Å²) in [6.07, 6.45) is 0. The number of nitrogens with one attached hydrogen (secondary N) is 2. The molecule has 3 N–H and O–H groups in total. The van der Waals surface area contributed by atoms with Crippen LogP contribution in [0.25, 0.3) is 20.4 Å². The summed E-state index contributed by atoms with van der Waals surface area (Å²) in [7, 11) is -2.94. The van der Waals surface area contributed by atoms with Crippen LogP contribution in [0.5, 0.6) is 11.5 Å². The fourth-order valence-electron chi connectivity index (χ4n) is 6.02. The maximum atomic E-state index is 9.74. The molecule has 0 aliphatic rings. The third kappa shape index (κ3) is 13.6. The SMILES string of the molecule is CCN(CC)c1cc(Nc2nc(Nc3cc(N(CC)CC)c(OC)cc3N=Nc3snc4sccc34)nc(SCCO)n2)c(N=Nc2snc3sccc23)cc1OC.O=S(=O)=O.O=S(=O)=O. The van der Waals surface area contributed by atoms with E-state index in [2.05, 4.69) is 67.1 Å². The Morgan fingerprint density at radius 1 is 0.652 bits per heavy atom. The number of azo groups is 2. The monoisotopic (exact) mass is 1040 g/mol. The average molecular weight is 1040 g/mol. The van der Waals surface area contributed by atoms with Gasteiger partial charge < -0.3 is 35.0 Å². The maximum absolute atomic E-state index is 9.74. The normalized spacial score (nSPS) is 11.0. The summed E-state index contributed by atoms with van der Waals surface area (Å²) in [5.74, 6) is 2.16. The van der Waals surface area contributed by atoms with Crippen molar-refractivity contribution >= 4 is 155 Å². The van der Waals surface area contributed by atoms with Gasteiger partial charge in [0.15, 0.2) is 15.2 Å². The number of thiophene rings is 2. The molecule has 0 amide bonds. The van der Waals surface area contributed by atoms with Crippen molar-refractivity contribution in [1.82, 2.24) is 23.7 Å². The topological polar surface area (TPSA) is 286 Å². The first-order chi connectivity index (χ1) is 31.9. The molecule has 0 bridgehead atoms. The molecule has 5 aromatic heterocycles. The van der Waals surface area contributed by atoms with Crippen molar-refractivity contribution in [3.63, 3.8) is 0 Å². The van der Waals surface area contributed by atoms with Gasteiger partial charge >= 0.3 is 21.2 Å². The Morgan fingerprint density at radius 3 is 1.42 bits per heavy atom. The second-order valence-electron chi connectivity index (χ2n) is 12.6. The van der Waals surface area contributed by atoms with E-state index >= 15 is 0 Å². The lowest BCUT2D eigenvalue weighted by atomic mass is 10.2. The number of aliphatic hydroxyl groups excluding tert-OH is 1. The molecule has 0 aliphatic heterocycles. The van der Waals surface area contributed by atoms with Crippen molar-refractivity contribution < 1.29 is 39.8 Å². The van der Waals surface area contributed by atoms with Crippen molar-refractivity contribution in [2.45, 2.75) is 32.9 Å². The van der Waals surface area contributed by atoms with E-state index in [1.807, 2.05) is 47.2 Å². The van der Waals surface area contributed by atoms with Gasteiger partial charge in [-0.15, -0.1) is 68.4 Å². The van der Waals surface area contributed by atoms with Gasteiger partial charge in [0.2, 0.25) is 11.9 Å². The molecule has 2 aromatic carbocycles. The number of aliphatic hydroxyl groups is 1. The van der Waals surface area contributed by atoms with Gasteiger partial charge in [0, 0.05) is 44.1 Å². The summed E-state index contributed by atoms with van der Waals surface area (Å²) in [4.78, 5) is 20.6. The van der Waals surface area contributed by atoms with Gasteiger partial charge in [-0.25, -0.2) is 0 Å². The molecule has 0 radical (unpaired) electrons. The average Bonchev–Trinajstić information content (AvgIpc) is 4.11. The molecule has 5 heterocycles. The van der Waals surface area contributed by atoms with Gasteiger partial charge in [0.25, 0.3) is 0 Å². The third-order valence-electron chi connectivity index (χ3n) is 8.91. The first kappa shape index (κ1) is 51.2. The number of hydrogen-bond acceptors (Lipinski definition) is 27. The molecule has 0 saturated carbocycles. The summed E-state index contributed by atoms with van der Waals surface area (Å²) >= 11 is 7.02. The minimum Gasteiger partial charge on any atom is -0.494 e. The number of nitrogens with zero attached hydrogens (tertiary/aromatic N) is 11. The molecular formula is C37H41N13O9S7. The highest BCUT2D eigenvalue weighted by Crippen LogP contribution is 2.44. The lowest BCUT2D eigenvalue weighted by Crippen LogP contribution is -2.22. The van der Waals surface area contributed by atoms with Crippen LogP contribution >= 0.6 is 57.5 Å². The van der Waals surface area contributed by atoms with Crippen LogP contribution in [0.3, 0.4) is 0 Å². The molecular weight excluding hydrogens is 995 g/mol. The molecule has 0 aliphatic carbocycles. The standard InChI is InChI=1S/C37H41N13O3S5.2O3S/c1-7-49(8-2)27-17-23(25(19-29(27)52-5)43-45-31-21-11-14-54-33(21)47-57-31)38-35-40-36(42-37(41-35)56-16-13-51)39-24-18-28(50(9-3)10-4)30(53-6)20-26(24)44-46-32-22-12-15-55-34(22)48-58-32;2*1-4(2)3/h11-12,14-15,17-20,51H,7-10,13,16H2,1-6H3,(H2,38,39,40,41,42);;. The Bertz CT molecular complexity index is 2820. The number of anilines is 6. The zero-order chi connectivity index (χ0) is 47.8. The number of thioether (sulfide) groups is 1. The van der Waals surface area contributed by atoms with Crippen molar-refractivity contribution in [1.29, 1.82) is 0 Å². The molecule has 0 atom stereocenters. The van der Waals surface area contributed by atoms with Gasteiger partial charge in [-0.05, 0) is 85.8 Å². The van der Waals surface area contributed by atoms with Gasteiger partial charge in [-0.1, -0.05) is 11.8 Å². The fourth-order valence-corrected chi connectivity index (χ4v) is 9.76. The minimum atomic E-state index is -3.11. The van der Waals surface area contributed by atoms with E-state index in [9.17, 15) is 5.11 Å². The number of hydrogen-bond donors (Lipinski definition) is 3. The number of aromatic nitrogens is 5. The Labute approximate surface area is 401 Å². The highest BCUT2D eigenvalue weighted by Gasteiger charge is 2.20. The lowest BCUT2D eigenvalue weighted by molar-refractivity contribution is 0.322. The fraction of sp³-hybridized carbons (Fsp3) is 0.324. The van der Waals surface area contributed by atoms with E-state index in [1.54, 1.807) is 36.9 Å². The van der Waals surface area contributed by atoms with Crippen LogP contribution in [0.2, 0.25) is 0 Å². The van der Waals surface area contributed by atoms with E-state index in [4.69, 9.17) is 59.9 Å². The Morgan fingerprint density at radius 2 is 1.06 bits per heavy atom. The molecule has 29 heteroatoms. The van der Waals surface area contributed by atoms with Crippen LogP contribution in [-0.4, -0.2) is 107 Å². The quantitative estimate of drug-likeness (QED) is 0.0502. The lowest BCUT2D eigenvalue weighted by Gasteiger charge is -2.25. The zero-order valence-corrected chi connectivity index (χ0v) is 41.6. The largest absolute Gasteiger partial charge is 0.494 e. The summed E-state index contributed by atoms with van der Waals surface area (Å²) in [6.45, 7) is 11.3. The Hall–Kier alpha value is -5.82. The van der Waals surface area contributed by atoms with Gasteiger partial charge in [0.05, 0.1) is 54.3 Å². The van der Waals surface area contributed by atoms with Crippen LogP contribution in [0.4, 0.5) is 56.0 Å². The van der Waals surface area contributed by atoms with Gasteiger partial charge in [0.1, 0.15) is 32.5 Å². The van der Waals surface area contributed by atoms with E-state index in [1.165, 1.54) is 34.8 Å². The minimum absolute atomic E-state index is 0.0572. The second-order valence-corrected chi connectivity index (χ2v) is 17.7. The van der Waals surface area contributed by atoms with Crippen LogP contribution in [0, 0.1) is 0 Å². The highest BCUT2D eigenvalue weighted by molar-refractivity contribution is 7.99. The van der Waals surface area contributed by atoms with Crippen LogP contribution in [0.15, 0.2) is 72.8 Å². The number of fused-ring (bicyclic) bond motifs is 2. The number of rotatable bonds is 19. The maximum Gasteiger partial charge on any atom is 0.425 e. The number of ether oxygens (including phenoxy) is 2. The molecule has 7 aromatic rings. The first-order valence-electron chi connectivity index (χ1n) is 19.4. The van der Waals surface area contributed by atoms with E-state index in [-0.39, 0.29) is 18.5 Å². The van der Waals surface area contributed by atoms with E-state index < -0.39 is 21.2 Å². The first-order valence-corrected chi connectivity index (χ1v) is 25.7. The zero-order valence-electron chi connectivity index (χ0n) is 35.9. The van der Waals surface area contributed by atoms with E-state index in [0.29, 0.717) is 55.2 Å². The Balaban J connectivity index is 0.000000945. The van der Waals surface area contributed by atoms with Crippen molar-refractivity contribution in [2.24, 2.45) is 20.5 Å². The molecule has 0 saturated heterocycles. The van der Waals surface area contributed by atoms with Gasteiger partial charge in [-0.3, -0.25) is 0 Å². The summed E-state index contributed by atoms with van der Waals surface area (Å²) in [5, 5.41) is 42.9. The van der Waals surface area contributed by atoms with Crippen molar-refractivity contribution in [3.05, 3.63) is 47.2 Å². The number of methoxy groups -OCH3 is 2. The summed E-state index contributed by atoms with van der Waals surface area (Å²) in [5.41, 5.74) is 3.95. The molecule has 0 spiro atoms. The predicted molar refractivity (Wildman–Crippen MR) is 260 cm³/mol. The molecule has 7 rings (SSSR count). The molecule has 0 unspecified atom stereocenters. The third-order valence-corrected chi connectivity index (χ3v) is 13.1. The Kier molecular flexibility index (Phi) is 19.5. The van der Waals surface area contributed by atoms with Crippen LogP contribution in [0.1, 0.15) is 27.7 Å². The molecule has 22 nitrogen and oxygen atoms in total. The summed E-state index contributed by atoms with van der Waals surface area (Å²) < 4.78 is 71.4. The molecule has 66 heavy (non-hydrogen) atoms. The van der Waals surface area contributed by atoms with Gasteiger partial charge in [-0.2, -0.15) is 23.7 Å². The van der Waals surface area contributed by atoms with Crippen molar-refractivity contribution in [2.75, 3.05) is 73.2 Å². The second kappa shape index (κ2) is 25.2. The highest BCUT2D eigenvalue weighted by atomic mass is 32.2. The molecule has 350 valence electrons. The number of benzene rings is 2. The van der Waals surface area contributed by atoms with Crippen molar-refractivity contribution in [3.8, 4) is 11.5 Å². The molecule has 0 fully saturated rings. The van der Waals surface area contributed by atoms with Crippen LogP contribution in [-0.2, 0) is 21.2 Å².